The monoisotopic (exact) mass is 451 g/mol. The Bertz CT molecular complexity index is 1040. The zero-order chi connectivity index (χ0) is 23.5. The summed E-state index contributed by atoms with van der Waals surface area (Å²) in [7, 11) is 0. The maximum Gasteiger partial charge on any atom is 0.416 e. The van der Waals surface area contributed by atoms with Gasteiger partial charge in [0.15, 0.2) is 6.10 Å². The van der Waals surface area contributed by atoms with E-state index in [1.807, 2.05) is 0 Å². The summed E-state index contributed by atoms with van der Waals surface area (Å²) >= 11 is 0. The molecule has 0 unspecified atom stereocenters. The highest BCUT2D eigenvalue weighted by Gasteiger charge is 2.35. The van der Waals surface area contributed by atoms with E-state index in [-0.39, 0.29) is 30.1 Å². The largest absolute Gasteiger partial charge is 0.449 e. The molecule has 0 spiro atoms. The lowest BCUT2D eigenvalue weighted by Crippen LogP contribution is -2.47. The average molecular weight is 451 g/mol. The first-order valence-electron chi connectivity index (χ1n) is 9.59. The van der Waals surface area contributed by atoms with Crippen LogP contribution in [0.5, 0.6) is 0 Å². The fraction of sp³-hybridized carbons (Fsp3) is 0.286. The number of alkyl halides is 3. The summed E-state index contributed by atoms with van der Waals surface area (Å²) in [5.41, 5.74) is -0.546. The minimum atomic E-state index is -4.62. The van der Waals surface area contributed by atoms with Gasteiger partial charge in [-0.25, -0.2) is 4.79 Å². The summed E-state index contributed by atoms with van der Waals surface area (Å²) in [5, 5.41) is 14.1. The van der Waals surface area contributed by atoms with Crippen LogP contribution in [-0.4, -0.2) is 48.7 Å². The molecule has 1 aliphatic heterocycles. The molecule has 2 aromatic carbocycles. The van der Waals surface area contributed by atoms with E-state index in [2.05, 4.69) is 10.6 Å². The van der Waals surface area contributed by atoms with E-state index >= 15 is 0 Å². The second-order valence-electron chi connectivity index (χ2n) is 6.95. The molecule has 1 aliphatic rings. The van der Waals surface area contributed by atoms with Crippen molar-refractivity contribution in [1.82, 2.24) is 0 Å². The van der Waals surface area contributed by atoms with Crippen LogP contribution in [0.4, 0.5) is 30.2 Å². The highest BCUT2D eigenvalue weighted by molar-refractivity contribution is 6.11. The van der Waals surface area contributed by atoms with Gasteiger partial charge in [-0.1, -0.05) is 12.1 Å². The lowest BCUT2D eigenvalue weighted by molar-refractivity contribution is -0.137. The van der Waals surface area contributed by atoms with Crippen molar-refractivity contribution in [3.63, 3.8) is 0 Å². The van der Waals surface area contributed by atoms with Gasteiger partial charge in [0.1, 0.15) is 6.54 Å². The van der Waals surface area contributed by atoms with Gasteiger partial charge in [0.2, 0.25) is 5.91 Å². The number of anilines is 3. The van der Waals surface area contributed by atoms with Gasteiger partial charge in [0.25, 0.3) is 5.91 Å². The van der Waals surface area contributed by atoms with Crippen molar-refractivity contribution in [2.24, 2.45) is 0 Å². The molecule has 8 nitrogen and oxygen atoms in total. The number of fused-ring (bicyclic) bond motifs is 1. The lowest BCUT2D eigenvalue weighted by atomic mass is 10.1. The molecule has 1 heterocycles. The third kappa shape index (κ3) is 4.99. The second kappa shape index (κ2) is 9.27. The zero-order valence-corrected chi connectivity index (χ0v) is 16.9. The number of rotatable bonds is 6. The number of hydrogen-bond acceptors (Lipinski definition) is 6. The van der Waals surface area contributed by atoms with Gasteiger partial charge in [-0.05, 0) is 37.3 Å². The predicted octanol–water partition coefficient (Wildman–Crippen LogP) is 2.64. The molecule has 0 radical (unpaired) electrons. The summed E-state index contributed by atoms with van der Waals surface area (Å²) < 4.78 is 44.2. The SMILES string of the molecule is C[C@H](OC(=O)c1ccccc1NCCO)C(=O)N1CC(=O)Nc2cc(C(F)(F)F)ccc21. The van der Waals surface area contributed by atoms with E-state index in [9.17, 15) is 27.6 Å². The number of aliphatic hydroxyl groups excluding tert-OH is 1. The van der Waals surface area contributed by atoms with Crippen molar-refractivity contribution in [2.75, 3.05) is 35.2 Å². The third-order valence-electron chi connectivity index (χ3n) is 4.66. The van der Waals surface area contributed by atoms with Gasteiger partial charge in [-0.2, -0.15) is 13.2 Å². The fourth-order valence-corrected chi connectivity index (χ4v) is 3.16. The van der Waals surface area contributed by atoms with E-state index in [1.54, 1.807) is 18.2 Å². The maximum absolute atomic E-state index is 13.0. The summed E-state index contributed by atoms with van der Waals surface area (Å²) in [6, 6.07) is 8.96. The van der Waals surface area contributed by atoms with Crippen molar-refractivity contribution in [1.29, 1.82) is 0 Å². The van der Waals surface area contributed by atoms with Crippen molar-refractivity contribution in [3.8, 4) is 0 Å². The molecule has 11 heteroatoms. The molecule has 3 rings (SSSR count). The number of nitrogens with zero attached hydrogens (tertiary/aromatic N) is 1. The highest BCUT2D eigenvalue weighted by Crippen LogP contribution is 2.37. The van der Waals surface area contributed by atoms with Gasteiger partial charge in [0, 0.05) is 12.2 Å². The summed E-state index contributed by atoms with van der Waals surface area (Å²) in [4.78, 5) is 38.5. The van der Waals surface area contributed by atoms with E-state index in [1.165, 1.54) is 13.0 Å². The molecule has 0 aliphatic carbocycles. The van der Waals surface area contributed by atoms with Crippen molar-refractivity contribution < 1.29 is 37.4 Å². The fourth-order valence-electron chi connectivity index (χ4n) is 3.16. The van der Waals surface area contributed by atoms with E-state index < -0.39 is 42.2 Å². The first-order valence-corrected chi connectivity index (χ1v) is 9.59. The second-order valence-corrected chi connectivity index (χ2v) is 6.95. The molecule has 3 N–H and O–H groups in total. The standard InChI is InChI=1S/C21H20F3N3O5/c1-12(32-20(31)14-4-2-3-5-15(14)25-8-9-28)19(30)27-11-18(29)26-16-10-13(21(22,23)24)6-7-17(16)27/h2-7,10,12,25,28H,8-9,11H2,1H3,(H,26,29)/t12-/m0/s1. The van der Waals surface area contributed by atoms with E-state index in [4.69, 9.17) is 9.84 Å². The molecule has 170 valence electrons. The molecule has 1 atom stereocenters. The molecule has 2 aromatic rings. The molecule has 0 saturated heterocycles. The number of benzene rings is 2. The Labute approximate surface area is 181 Å². The first kappa shape index (κ1) is 23.1. The highest BCUT2D eigenvalue weighted by atomic mass is 19.4. The molecule has 0 bridgehead atoms. The van der Waals surface area contributed by atoms with Crippen LogP contribution in [0.1, 0.15) is 22.8 Å². The number of amides is 2. The average Bonchev–Trinajstić information content (AvgIpc) is 2.75. The quantitative estimate of drug-likeness (QED) is 0.583. The van der Waals surface area contributed by atoms with Gasteiger partial charge >= 0.3 is 12.1 Å². The predicted molar refractivity (Wildman–Crippen MR) is 109 cm³/mol. The van der Waals surface area contributed by atoms with Crippen LogP contribution in [0.3, 0.4) is 0 Å². The molecule has 0 saturated carbocycles. The topological polar surface area (TPSA) is 108 Å². The third-order valence-corrected chi connectivity index (χ3v) is 4.66. The number of hydrogen-bond donors (Lipinski definition) is 3. The van der Waals surface area contributed by atoms with Crippen LogP contribution in [-0.2, 0) is 20.5 Å². The van der Waals surface area contributed by atoms with Crippen LogP contribution in [0, 0.1) is 0 Å². The molecule has 32 heavy (non-hydrogen) atoms. The summed E-state index contributed by atoms with van der Waals surface area (Å²) in [6.45, 7) is 0.900. The number of halogens is 3. The smallest absolute Gasteiger partial charge is 0.416 e. The minimum absolute atomic E-state index is 0.0653. The van der Waals surface area contributed by atoms with Gasteiger partial charge in [0.05, 0.1) is 29.1 Å². The van der Waals surface area contributed by atoms with Crippen LogP contribution in [0.25, 0.3) is 0 Å². The Morgan fingerprint density at radius 3 is 2.66 bits per heavy atom. The zero-order valence-electron chi connectivity index (χ0n) is 16.9. The van der Waals surface area contributed by atoms with E-state index in [0.29, 0.717) is 5.69 Å². The number of carbonyl (C=O) groups is 3. The Morgan fingerprint density at radius 1 is 1.25 bits per heavy atom. The Kier molecular flexibility index (Phi) is 6.68. The normalized spacial score (nSPS) is 14.3. The van der Waals surface area contributed by atoms with Gasteiger partial charge in [-0.15, -0.1) is 0 Å². The van der Waals surface area contributed by atoms with Crippen LogP contribution >= 0.6 is 0 Å². The molecule has 0 fully saturated rings. The molecular formula is C21H20F3N3O5. The van der Waals surface area contributed by atoms with Crippen molar-refractivity contribution >= 4 is 34.8 Å². The number of carbonyl (C=O) groups excluding carboxylic acids is 3. The Morgan fingerprint density at radius 2 is 1.97 bits per heavy atom. The van der Waals surface area contributed by atoms with Crippen molar-refractivity contribution in [3.05, 3.63) is 53.6 Å². The van der Waals surface area contributed by atoms with Crippen LogP contribution in [0.15, 0.2) is 42.5 Å². The maximum atomic E-state index is 13.0. The van der Waals surface area contributed by atoms with Gasteiger partial charge < -0.3 is 20.5 Å². The molecule has 0 aromatic heterocycles. The van der Waals surface area contributed by atoms with E-state index in [0.717, 1.165) is 23.1 Å². The number of para-hydroxylation sites is 1. The first-order chi connectivity index (χ1) is 15.1. The Balaban J connectivity index is 1.80. The Hall–Kier alpha value is -3.60. The van der Waals surface area contributed by atoms with Gasteiger partial charge in [-0.3, -0.25) is 14.5 Å². The number of aliphatic hydroxyl groups is 1. The summed E-state index contributed by atoms with van der Waals surface area (Å²) in [5.74, 6) is -2.27. The molecule has 2 amide bonds. The summed E-state index contributed by atoms with van der Waals surface area (Å²) in [6.07, 6.45) is -5.94. The number of ether oxygens (including phenoxy) is 1. The van der Waals surface area contributed by atoms with Crippen LogP contribution in [0.2, 0.25) is 0 Å². The van der Waals surface area contributed by atoms with Crippen molar-refractivity contribution in [2.45, 2.75) is 19.2 Å². The minimum Gasteiger partial charge on any atom is -0.449 e. The molecular weight excluding hydrogens is 431 g/mol. The number of nitrogens with one attached hydrogen (secondary N) is 2. The lowest BCUT2D eigenvalue weighted by Gasteiger charge is -2.31. The number of esters is 1. The van der Waals surface area contributed by atoms with Crippen LogP contribution < -0.4 is 15.5 Å².